The summed E-state index contributed by atoms with van der Waals surface area (Å²) in [5, 5.41) is 1.72. The van der Waals surface area contributed by atoms with Gasteiger partial charge in [0.15, 0.2) is 5.82 Å². The predicted octanol–water partition coefficient (Wildman–Crippen LogP) is 4.32. The van der Waals surface area contributed by atoms with E-state index in [4.69, 9.17) is 21.3 Å². The highest BCUT2D eigenvalue weighted by Crippen LogP contribution is 2.44. The van der Waals surface area contributed by atoms with Crippen LogP contribution < -0.4 is 0 Å². The highest BCUT2D eigenvalue weighted by atomic mass is 35.5. The number of rotatable bonds is 4. The molecule has 0 aromatic carbocycles. The van der Waals surface area contributed by atoms with E-state index in [1.807, 2.05) is 6.92 Å². The maximum Gasteiger partial charge on any atom is 0.160 e. The Labute approximate surface area is 127 Å². The first kappa shape index (κ1) is 13.0. The number of ether oxygens (including phenoxy) is 1. The summed E-state index contributed by atoms with van der Waals surface area (Å²) in [6.45, 7) is 2.72. The molecule has 0 aliphatic heterocycles. The number of hydrogen-bond donors (Lipinski definition) is 0. The highest BCUT2D eigenvalue weighted by molar-refractivity contribution is 7.19. The summed E-state index contributed by atoms with van der Waals surface area (Å²) in [6, 6.07) is 0. The van der Waals surface area contributed by atoms with E-state index >= 15 is 0 Å². The standard InChI is InChI=1S/C15H17ClN2OS/c1-2-19-12(8-6-7-8)14-17-13(16)11-9-4-3-5-10(9)20-15(11)18-14/h8,12H,2-7H2,1H3. The molecule has 2 heterocycles. The second-order valence-corrected chi connectivity index (χ2v) is 7.07. The molecule has 5 heteroatoms. The smallest absolute Gasteiger partial charge is 0.160 e. The van der Waals surface area contributed by atoms with Gasteiger partial charge in [-0.15, -0.1) is 11.3 Å². The van der Waals surface area contributed by atoms with Gasteiger partial charge in [0.05, 0.1) is 5.39 Å². The van der Waals surface area contributed by atoms with Crippen LogP contribution in [0.5, 0.6) is 0 Å². The van der Waals surface area contributed by atoms with Crippen LogP contribution in [0.15, 0.2) is 0 Å². The molecule has 1 fully saturated rings. The molecule has 0 N–H and O–H groups in total. The Balaban J connectivity index is 1.81. The summed E-state index contributed by atoms with van der Waals surface area (Å²) in [7, 11) is 0. The first-order valence-corrected chi connectivity index (χ1v) is 8.56. The average molecular weight is 309 g/mol. The zero-order chi connectivity index (χ0) is 13.7. The summed E-state index contributed by atoms with van der Waals surface area (Å²) in [6.07, 6.45) is 5.97. The molecule has 0 saturated heterocycles. The van der Waals surface area contributed by atoms with Crippen molar-refractivity contribution >= 4 is 33.2 Å². The Morgan fingerprint density at radius 3 is 2.95 bits per heavy atom. The van der Waals surface area contributed by atoms with Crippen LogP contribution in [0.3, 0.4) is 0 Å². The molecular formula is C15H17ClN2OS. The minimum Gasteiger partial charge on any atom is -0.370 e. The van der Waals surface area contributed by atoms with E-state index in [2.05, 4.69) is 4.98 Å². The van der Waals surface area contributed by atoms with E-state index in [0.29, 0.717) is 17.7 Å². The monoisotopic (exact) mass is 308 g/mol. The first-order valence-electron chi connectivity index (χ1n) is 7.37. The largest absolute Gasteiger partial charge is 0.370 e. The van der Waals surface area contributed by atoms with Gasteiger partial charge in [-0.25, -0.2) is 9.97 Å². The number of nitrogens with zero attached hydrogens (tertiary/aromatic N) is 2. The molecule has 3 nitrogen and oxygen atoms in total. The highest BCUT2D eigenvalue weighted by Gasteiger charge is 2.35. The second-order valence-electron chi connectivity index (χ2n) is 5.62. The van der Waals surface area contributed by atoms with E-state index in [0.717, 1.165) is 22.5 Å². The third-order valence-electron chi connectivity index (χ3n) is 4.19. The van der Waals surface area contributed by atoms with Gasteiger partial charge in [-0.2, -0.15) is 0 Å². The van der Waals surface area contributed by atoms with Gasteiger partial charge in [-0.1, -0.05) is 11.6 Å². The van der Waals surface area contributed by atoms with Crippen LogP contribution in [0.25, 0.3) is 10.2 Å². The topological polar surface area (TPSA) is 35.0 Å². The van der Waals surface area contributed by atoms with Gasteiger partial charge in [0.1, 0.15) is 16.1 Å². The normalized spacial score (nSPS) is 19.5. The average Bonchev–Trinajstić information content (AvgIpc) is 3.05. The summed E-state index contributed by atoms with van der Waals surface area (Å²) in [5.74, 6) is 1.36. The summed E-state index contributed by atoms with van der Waals surface area (Å²) in [5.41, 5.74) is 1.39. The van der Waals surface area contributed by atoms with E-state index in [9.17, 15) is 0 Å². The zero-order valence-corrected chi connectivity index (χ0v) is 13.1. The third kappa shape index (κ3) is 2.05. The Kier molecular flexibility index (Phi) is 3.20. The maximum atomic E-state index is 6.46. The Morgan fingerprint density at radius 1 is 1.35 bits per heavy atom. The van der Waals surface area contributed by atoms with E-state index in [1.54, 1.807) is 11.3 Å². The fourth-order valence-electron chi connectivity index (χ4n) is 3.09. The molecule has 0 amide bonds. The Hall–Kier alpha value is -0.710. The van der Waals surface area contributed by atoms with Crippen molar-refractivity contribution < 1.29 is 4.74 Å². The summed E-state index contributed by atoms with van der Waals surface area (Å²) < 4.78 is 5.85. The molecule has 1 atom stereocenters. The quantitative estimate of drug-likeness (QED) is 0.789. The lowest BCUT2D eigenvalue weighted by Crippen LogP contribution is -2.11. The van der Waals surface area contributed by atoms with Crippen molar-refractivity contribution in [3.63, 3.8) is 0 Å². The fourth-order valence-corrected chi connectivity index (χ4v) is 4.71. The van der Waals surface area contributed by atoms with Gasteiger partial charge in [0, 0.05) is 11.5 Å². The van der Waals surface area contributed by atoms with Crippen molar-refractivity contribution in [1.29, 1.82) is 0 Å². The van der Waals surface area contributed by atoms with E-state index in [1.165, 1.54) is 36.1 Å². The minimum atomic E-state index is 0.0267. The summed E-state index contributed by atoms with van der Waals surface area (Å²) in [4.78, 5) is 11.8. The number of thiophene rings is 1. The molecule has 0 radical (unpaired) electrons. The molecule has 1 saturated carbocycles. The molecule has 1 unspecified atom stereocenters. The Bertz CT molecular complexity index is 665. The number of aromatic nitrogens is 2. The molecule has 2 aliphatic carbocycles. The molecule has 2 aliphatic rings. The van der Waals surface area contributed by atoms with Crippen molar-refractivity contribution in [3.8, 4) is 0 Å². The number of hydrogen-bond acceptors (Lipinski definition) is 4. The molecule has 2 aromatic heterocycles. The van der Waals surface area contributed by atoms with Gasteiger partial charge >= 0.3 is 0 Å². The SMILES string of the molecule is CCOC(c1nc(Cl)c2c3c(sc2n1)CCC3)C1CC1. The fraction of sp³-hybridized carbons (Fsp3) is 0.600. The lowest BCUT2D eigenvalue weighted by atomic mass is 10.2. The van der Waals surface area contributed by atoms with Crippen LogP contribution in [-0.4, -0.2) is 16.6 Å². The number of fused-ring (bicyclic) bond motifs is 3. The van der Waals surface area contributed by atoms with Crippen LogP contribution in [0.2, 0.25) is 5.15 Å². The molecule has 2 aromatic rings. The first-order chi connectivity index (χ1) is 9.78. The zero-order valence-electron chi connectivity index (χ0n) is 11.5. The van der Waals surface area contributed by atoms with Gasteiger partial charge in [0.25, 0.3) is 0 Å². The van der Waals surface area contributed by atoms with E-state index in [-0.39, 0.29) is 6.10 Å². The van der Waals surface area contributed by atoms with Crippen LogP contribution in [-0.2, 0) is 17.6 Å². The molecular weight excluding hydrogens is 292 g/mol. The summed E-state index contributed by atoms with van der Waals surface area (Å²) >= 11 is 8.25. The predicted molar refractivity (Wildman–Crippen MR) is 81.5 cm³/mol. The Morgan fingerprint density at radius 2 is 2.20 bits per heavy atom. The molecule has 0 bridgehead atoms. The van der Waals surface area contributed by atoms with Gasteiger partial charge in [0.2, 0.25) is 0 Å². The molecule has 106 valence electrons. The lowest BCUT2D eigenvalue weighted by Gasteiger charge is -2.15. The van der Waals surface area contributed by atoms with Crippen LogP contribution in [0.1, 0.15) is 48.6 Å². The van der Waals surface area contributed by atoms with Crippen molar-refractivity contribution in [2.24, 2.45) is 5.92 Å². The minimum absolute atomic E-state index is 0.0267. The second kappa shape index (κ2) is 4.93. The van der Waals surface area contributed by atoms with Gasteiger partial charge in [-0.3, -0.25) is 0 Å². The molecule has 20 heavy (non-hydrogen) atoms. The van der Waals surface area contributed by atoms with Gasteiger partial charge < -0.3 is 4.74 Å². The molecule has 0 spiro atoms. The van der Waals surface area contributed by atoms with Crippen LogP contribution in [0.4, 0.5) is 0 Å². The van der Waals surface area contributed by atoms with Crippen molar-refractivity contribution in [1.82, 2.24) is 9.97 Å². The van der Waals surface area contributed by atoms with Crippen molar-refractivity contribution in [2.75, 3.05) is 6.61 Å². The molecule has 4 rings (SSSR count). The third-order valence-corrected chi connectivity index (χ3v) is 5.65. The number of halogens is 1. The maximum absolute atomic E-state index is 6.46. The van der Waals surface area contributed by atoms with Gasteiger partial charge in [-0.05, 0) is 50.5 Å². The van der Waals surface area contributed by atoms with Crippen molar-refractivity contribution in [3.05, 3.63) is 21.4 Å². The van der Waals surface area contributed by atoms with Crippen LogP contribution in [0, 0.1) is 5.92 Å². The van der Waals surface area contributed by atoms with E-state index < -0.39 is 0 Å². The number of aryl methyl sites for hydroxylation is 2. The van der Waals surface area contributed by atoms with Crippen molar-refractivity contribution in [2.45, 2.75) is 45.1 Å². The van der Waals surface area contributed by atoms with Crippen LogP contribution >= 0.6 is 22.9 Å². The lowest BCUT2D eigenvalue weighted by molar-refractivity contribution is 0.0403.